The minimum absolute atomic E-state index is 0.00522. The number of methoxy groups -OCH3 is 2. The Bertz CT molecular complexity index is 429. The largest absolute Gasteiger partial charge is 0.352 e. The highest BCUT2D eigenvalue weighted by Gasteiger charge is 2.14. The van der Waals surface area contributed by atoms with Gasteiger partial charge in [0, 0.05) is 31.2 Å². The lowest BCUT2D eigenvalue weighted by atomic mass is 10.2. The maximum absolute atomic E-state index is 11.8. The van der Waals surface area contributed by atoms with Crippen molar-refractivity contribution >= 4 is 17.7 Å². The molecular weight excluding hydrogens is 274 g/mol. The van der Waals surface area contributed by atoms with Gasteiger partial charge in [-0.2, -0.15) is 0 Å². The molecule has 1 N–H and O–H groups in total. The van der Waals surface area contributed by atoms with E-state index in [1.54, 1.807) is 20.3 Å². The van der Waals surface area contributed by atoms with Gasteiger partial charge >= 0.3 is 0 Å². The van der Waals surface area contributed by atoms with Crippen LogP contribution in [0.25, 0.3) is 0 Å². The van der Waals surface area contributed by atoms with Crippen molar-refractivity contribution in [2.45, 2.75) is 23.4 Å². The Morgan fingerprint density at radius 1 is 1.35 bits per heavy atom. The molecule has 1 amide bonds. The van der Waals surface area contributed by atoms with Crippen LogP contribution in [0.4, 0.5) is 0 Å². The normalized spacial score (nSPS) is 12.2. The summed E-state index contributed by atoms with van der Waals surface area (Å²) in [6, 6.07) is 7.80. The highest BCUT2D eigenvalue weighted by atomic mass is 32.2. The van der Waals surface area contributed by atoms with Crippen molar-refractivity contribution in [2.75, 3.05) is 20.8 Å². The predicted molar refractivity (Wildman–Crippen MR) is 81.7 cm³/mol. The summed E-state index contributed by atoms with van der Waals surface area (Å²) in [5.74, 6) is 0.00522. The summed E-state index contributed by atoms with van der Waals surface area (Å²) in [5.41, 5.74) is 0.947. The highest BCUT2D eigenvalue weighted by Crippen LogP contribution is 2.26. The zero-order chi connectivity index (χ0) is 15.0. The standard InChI is InChI=1S/C15H21NO3S/c1-5-10-16-14(17)11(2)20-13-8-6-12(7-9-13)15(18-3)19-4/h5-9,11,15H,1,10H2,2-4H3,(H,16,17). The quantitative estimate of drug-likeness (QED) is 0.455. The van der Waals surface area contributed by atoms with E-state index in [2.05, 4.69) is 11.9 Å². The highest BCUT2D eigenvalue weighted by molar-refractivity contribution is 8.00. The summed E-state index contributed by atoms with van der Waals surface area (Å²) in [6.45, 7) is 5.94. The Kier molecular flexibility index (Phi) is 7.36. The fraction of sp³-hybridized carbons (Fsp3) is 0.400. The van der Waals surface area contributed by atoms with E-state index in [1.165, 1.54) is 11.8 Å². The summed E-state index contributed by atoms with van der Waals surface area (Å²) in [7, 11) is 3.20. The molecule has 5 heteroatoms. The lowest BCUT2D eigenvalue weighted by Crippen LogP contribution is -2.30. The van der Waals surface area contributed by atoms with Crippen LogP contribution in [-0.2, 0) is 14.3 Å². The van der Waals surface area contributed by atoms with Crippen molar-refractivity contribution in [3.05, 3.63) is 42.5 Å². The molecule has 0 aliphatic carbocycles. The van der Waals surface area contributed by atoms with Gasteiger partial charge < -0.3 is 14.8 Å². The van der Waals surface area contributed by atoms with Crippen molar-refractivity contribution in [3.8, 4) is 0 Å². The molecule has 4 nitrogen and oxygen atoms in total. The fourth-order valence-electron chi connectivity index (χ4n) is 1.65. The molecule has 1 rings (SSSR count). The second-order valence-corrected chi connectivity index (χ2v) is 5.58. The van der Waals surface area contributed by atoms with Crippen LogP contribution in [0.15, 0.2) is 41.8 Å². The van der Waals surface area contributed by atoms with E-state index in [1.807, 2.05) is 31.2 Å². The number of thioether (sulfide) groups is 1. The minimum atomic E-state index is -0.359. The van der Waals surface area contributed by atoms with E-state index in [4.69, 9.17) is 9.47 Å². The molecule has 20 heavy (non-hydrogen) atoms. The second-order valence-electron chi connectivity index (χ2n) is 4.17. The van der Waals surface area contributed by atoms with Gasteiger partial charge in [-0.15, -0.1) is 18.3 Å². The van der Waals surface area contributed by atoms with Gasteiger partial charge in [-0.1, -0.05) is 18.2 Å². The topological polar surface area (TPSA) is 47.6 Å². The molecule has 0 fully saturated rings. The SMILES string of the molecule is C=CCNC(=O)C(C)Sc1ccc(C(OC)OC)cc1. The van der Waals surface area contributed by atoms with Crippen LogP contribution < -0.4 is 5.32 Å². The first kappa shape index (κ1) is 16.8. The van der Waals surface area contributed by atoms with Crippen LogP contribution in [0.3, 0.4) is 0 Å². The summed E-state index contributed by atoms with van der Waals surface area (Å²) < 4.78 is 10.4. The van der Waals surface area contributed by atoms with Crippen LogP contribution in [0.5, 0.6) is 0 Å². The Morgan fingerprint density at radius 3 is 2.45 bits per heavy atom. The van der Waals surface area contributed by atoms with E-state index >= 15 is 0 Å². The van der Waals surface area contributed by atoms with E-state index in [0.717, 1.165) is 10.5 Å². The van der Waals surface area contributed by atoms with E-state index in [0.29, 0.717) is 6.54 Å². The monoisotopic (exact) mass is 295 g/mol. The lowest BCUT2D eigenvalue weighted by molar-refractivity contribution is -0.120. The summed E-state index contributed by atoms with van der Waals surface area (Å²) >= 11 is 1.51. The average Bonchev–Trinajstić information content (AvgIpc) is 2.47. The number of benzene rings is 1. The maximum atomic E-state index is 11.8. The molecule has 0 aliphatic heterocycles. The third-order valence-corrected chi connectivity index (χ3v) is 3.80. The smallest absolute Gasteiger partial charge is 0.233 e. The molecule has 0 radical (unpaired) electrons. The Morgan fingerprint density at radius 2 is 1.95 bits per heavy atom. The number of amides is 1. The molecule has 1 unspecified atom stereocenters. The molecule has 0 saturated carbocycles. The van der Waals surface area contributed by atoms with Crippen molar-refractivity contribution in [2.24, 2.45) is 0 Å². The van der Waals surface area contributed by atoms with Gasteiger partial charge in [-0.25, -0.2) is 0 Å². The van der Waals surface area contributed by atoms with Crippen molar-refractivity contribution in [3.63, 3.8) is 0 Å². The molecule has 0 bridgehead atoms. The van der Waals surface area contributed by atoms with Crippen molar-refractivity contribution in [1.29, 1.82) is 0 Å². The van der Waals surface area contributed by atoms with Gasteiger partial charge in [0.2, 0.25) is 5.91 Å². The molecule has 1 aromatic rings. The Labute approximate surface area is 124 Å². The summed E-state index contributed by atoms with van der Waals surface area (Å²) in [4.78, 5) is 12.8. The number of carbonyl (C=O) groups excluding carboxylic acids is 1. The van der Waals surface area contributed by atoms with Crippen LogP contribution in [0.2, 0.25) is 0 Å². The first-order valence-corrected chi connectivity index (χ1v) is 7.21. The van der Waals surface area contributed by atoms with E-state index < -0.39 is 0 Å². The van der Waals surface area contributed by atoms with E-state index in [9.17, 15) is 4.79 Å². The second kappa shape index (κ2) is 8.79. The van der Waals surface area contributed by atoms with Crippen molar-refractivity contribution < 1.29 is 14.3 Å². The van der Waals surface area contributed by atoms with Crippen LogP contribution in [0, 0.1) is 0 Å². The van der Waals surface area contributed by atoms with Gasteiger partial charge in [0.15, 0.2) is 6.29 Å². The molecular formula is C15H21NO3S. The van der Waals surface area contributed by atoms with Gasteiger partial charge in [-0.3, -0.25) is 4.79 Å². The minimum Gasteiger partial charge on any atom is -0.352 e. The van der Waals surface area contributed by atoms with E-state index in [-0.39, 0.29) is 17.4 Å². The molecule has 0 saturated heterocycles. The van der Waals surface area contributed by atoms with Gasteiger partial charge in [-0.05, 0) is 19.1 Å². The van der Waals surface area contributed by atoms with Gasteiger partial charge in [0.1, 0.15) is 0 Å². The number of hydrogen-bond donors (Lipinski definition) is 1. The predicted octanol–water partition coefficient (Wildman–Crippen LogP) is 2.76. The lowest BCUT2D eigenvalue weighted by Gasteiger charge is -2.15. The molecule has 0 heterocycles. The summed E-state index contributed by atoms with van der Waals surface area (Å²) in [6.07, 6.45) is 1.31. The zero-order valence-electron chi connectivity index (χ0n) is 12.1. The fourth-order valence-corrected chi connectivity index (χ4v) is 2.54. The Balaban J connectivity index is 2.60. The molecule has 1 aromatic carbocycles. The molecule has 1 atom stereocenters. The Hall–Kier alpha value is -1.30. The van der Waals surface area contributed by atoms with Gasteiger partial charge in [0.05, 0.1) is 5.25 Å². The third kappa shape index (κ3) is 5.00. The van der Waals surface area contributed by atoms with Crippen LogP contribution >= 0.6 is 11.8 Å². The number of carbonyl (C=O) groups is 1. The van der Waals surface area contributed by atoms with Gasteiger partial charge in [0.25, 0.3) is 0 Å². The molecule has 0 aliphatic rings. The number of rotatable bonds is 8. The molecule has 110 valence electrons. The third-order valence-electron chi connectivity index (χ3n) is 2.68. The summed E-state index contributed by atoms with van der Waals surface area (Å²) in [5, 5.41) is 2.63. The first-order valence-electron chi connectivity index (χ1n) is 6.33. The number of hydrogen-bond acceptors (Lipinski definition) is 4. The van der Waals surface area contributed by atoms with Crippen LogP contribution in [0.1, 0.15) is 18.8 Å². The molecule has 0 spiro atoms. The zero-order valence-corrected chi connectivity index (χ0v) is 12.9. The first-order chi connectivity index (χ1) is 9.62. The number of nitrogens with one attached hydrogen (secondary N) is 1. The van der Waals surface area contributed by atoms with Crippen molar-refractivity contribution in [1.82, 2.24) is 5.32 Å². The number of ether oxygens (including phenoxy) is 2. The molecule has 0 aromatic heterocycles. The maximum Gasteiger partial charge on any atom is 0.233 e. The average molecular weight is 295 g/mol. The van der Waals surface area contributed by atoms with Crippen LogP contribution in [-0.4, -0.2) is 31.9 Å².